The third-order valence-electron chi connectivity index (χ3n) is 4.31. The minimum absolute atomic E-state index is 0.115. The number of carbonyl (C=O) groups excluding carboxylic acids is 2. The van der Waals surface area contributed by atoms with Crippen LogP contribution in [0, 0.1) is 27.7 Å². The molecule has 0 aromatic heterocycles. The lowest BCUT2D eigenvalue weighted by atomic mass is 10.0. The number of anilines is 2. The zero-order chi connectivity index (χ0) is 20.0. The van der Waals surface area contributed by atoms with Gasteiger partial charge in [-0.15, -0.1) is 0 Å². The third kappa shape index (κ3) is 5.19. The monoisotopic (exact) mass is 354 g/mol. The topological polar surface area (TPSA) is 86.2 Å². The molecule has 0 saturated carbocycles. The van der Waals surface area contributed by atoms with Gasteiger partial charge in [0, 0.05) is 35.3 Å². The Morgan fingerprint density at radius 1 is 0.692 bits per heavy atom. The molecule has 4 heteroatoms. The number of nitrogens with two attached hydrogens (primary N) is 2. The van der Waals surface area contributed by atoms with Gasteiger partial charge in [-0.25, -0.2) is 0 Å². The largest absolute Gasteiger partial charge is 0.398 e. The maximum absolute atomic E-state index is 11.5. The van der Waals surface area contributed by atoms with Crippen molar-refractivity contribution in [1.29, 1.82) is 0 Å². The summed E-state index contributed by atoms with van der Waals surface area (Å²) >= 11 is 0. The normalized spacial score (nSPS) is 10.1. The highest BCUT2D eigenvalue weighted by atomic mass is 16.1. The molecule has 2 aromatic rings. The average Bonchev–Trinajstić information content (AvgIpc) is 2.60. The molecule has 140 valence electrons. The van der Waals surface area contributed by atoms with Crippen molar-refractivity contribution in [1.82, 2.24) is 0 Å². The lowest BCUT2D eigenvalue weighted by Crippen LogP contribution is -2.04. The van der Waals surface area contributed by atoms with E-state index < -0.39 is 0 Å². The molecule has 2 rings (SSSR count). The predicted molar refractivity (Wildman–Crippen MR) is 110 cm³/mol. The first kappa shape index (κ1) is 21.4. The maximum atomic E-state index is 11.5. The lowest BCUT2D eigenvalue weighted by Gasteiger charge is -2.07. The van der Waals surface area contributed by atoms with Crippen LogP contribution in [-0.4, -0.2) is 11.6 Å². The van der Waals surface area contributed by atoms with Crippen molar-refractivity contribution in [2.45, 2.75) is 54.4 Å². The zero-order valence-electron chi connectivity index (χ0n) is 16.7. The SMILES string of the molecule is CCC(=O)c1cc(C)cc(C)c1N.CCC(=O)c1cc(C)cc(C)c1N. The van der Waals surface area contributed by atoms with Crippen molar-refractivity contribution in [3.8, 4) is 0 Å². The van der Waals surface area contributed by atoms with Gasteiger partial charge in [0.05, 0.1) is 0 Å². The summed E-state index contributed by atoms with van der Waals surface area (Å²) in [6.45, 7) is 11.5. The summed E-state index contributed by atoms with van der Waals surface area (Å²) in [7, 11) is 0. The van der Waals surface area contributed by atoms with Crippen LogP contribution in [0.4, 0.5) is 11.4 Å². The van der Waals surface area contributed by atoms with Crippen LogP contribution in [0.25, 0.3) is 0 Å². The number of benzene rings is 2. The van der Waals surface area contributed by atoms with Gasteiger partial charge in [0.15, 0.2) is 11.6 Å². The number of hydrogen-bond acceptors (Lipinski definition) is 4. The van der Waals surface area contributed by atoms with E-state index in [0.29, 0.717) is 35.3 Å². The Morgan fingerprint density at radius 2 is 1.00 bits per heavy atom. The average molecular weight is 354 g/mol. The fraction of sp³-hybridized carbons (Fsp3) is 0.364. The summed E-state index contributed by atoms with van der Waals surface area (Å²) in [6, 6.07) is 7.69. The fourth-order valence-electron chi connectivity index (χ4n) is 2.80. The summed E-state index contributed by atoms with van der Waals surface area (Å²) in [4.78, 5) is 22.9. The Kier molecular flexibility index (Phi) is 7.56. The molecule has 4 N–H and O–H groups in total. The van der Waals surface area contributed by atoms with Gasteiger partial charge in [0.1, 0.15) is 0 Å². The molecule has 0 aliphatic heterocycles. The van der Waals surface area contributed by atoms with Crippen LogP contribution in [0.15, 0.2) is 24.3 Å². The van der Waals surface area contributed by atoms with Crippen LogP contribution in [0.1, 0.15) is 69.7 Å². The van der Waals surface area contributed by atoms with E-state index in [1.54, 1.807) is 0 Å². The number of aryl methyl sites for hydroxylation is 4. The number of nitrogen functional groups attached to an aromatic ring is 2. The summed E-state index contributed by atoms with van der Waals surface area (Å²) in [6.07, 6.45) is 1.01. The molecule has 0 aliphatic carbocycles. The van der Waals surface area contributed by atoms with Gasteiger partial charge in [-0.2, -0.15) is 0 Å². The van der Waals surface area contributed by atoms with E-state index in [9.17, 15) is 9.59 Å². The summed E-state index contributed by atoms with van der Waals surface area (Å²) in [5.41, 5.74) is 18.3. The van der Waals surface area contributed by atoms with E-state index in [2.05, 4.69) is 0 Å². The molecule has 4 nitrogen and oxygen atoms in total. The molecular formula is C22H30N2O2. The van der Waals surface area contributed by atoms with Gasteiger partial charge >= 0.3 is 0 Å². The number of hydrogen-bond donors (Lipinski definition) is 2. The van der Waals surface area contributed by atoms with Crippen molar-refractivity contribution >= 4 is 22.9 Å². The Bertz CT molecular complexity index is 754. The van der Waals surface area contributed by atoms with Crippen molar-refractivity contribution < 1.29 is 9.59 Å². The molecule has 0 fully saturated rings. The molecule has 0 radical (unpaired) electrons. The fourth-order valence-corrected chi connectivity index (χ4v) is 2.80. The Morgan fingerprint density at radius 3 is 1.27 bits per heavy atom. The predicted octanol–water partition coefficient (Wildman–Crippen LogP) is 4.96. The smallest absolute Gasteiger partial charge is 0.164 e. The summed E-state index contributed by atoms with van der Waals surface area (Å²) in [5.74, 6) is 0.230. The van der Waals surface area contributed by atoms with E-state index in [4.69, 9.17) is 11.5 Å². The summed E-state index contributed by atoms with van der Waals surface area (Å²) in [5, 5.41) is 0. The maximum Gasteiger partial charge on any atom is 0.164 e. The Labute approximate surface area is 156 Å². The van der Waals surface area contributed by atoms with E-state index in [1.165, 1.54) is 0 Å². The molecule has 0 spiro atoms. The highest BCUT2D eigenvalue weighted by molar-refractivity contribution is 6.01. The van der Waals surface area contributed by atoms with Crippen LogP contribution in [0.5, 0.6) is 0 Å². The van der Waals surface area contributed by atoms with Crippen molar-refractivity contribution in [3.05, 3.63) is 57.6 Å². The molecule has 0 aliphatic rings. The van der Waals surface area contributed by atoms with Gasteiger partial charge in [0.25, 0.3) is 0 Å². The molecule has 26 heavy (non-hydrogen) atoms. The highest BCUT2D eigenvalue weighted by Crippen LogP contribution is 2.21. The number of ketones is 2. The van der Waals surface area contributed by atoms with Gasteiger partial charge in [-0.1, -0.05) is 26.0 Å². The Balaban J connectivity index is 0.000000260. The second-order valence-electron chi connectivity index (χ2n) is 6.64. The van der Waals surface area contributed by atoms with E-state index in [-0.39, 0.29) is 11.6 Å². The molecule has 0 saturated heterocycles. The van der Waals surface area contributed by atoms with Gasteiger partial charge in [-0.05, 0) is 62.1 Å². The molecule has 0 unspecified atom stereocenters. The van der Waals surface area contributed by atoms with Crippen LogP contribution in [0.3, 0.4) is 0 Å². The summed E-state index contributed by atoms with van der Waals surface area (Å²) < 4.78 is 0. The minimum atomic E-state index is 0.115. The molecule has 0 atom stereocenters. The quantitative estimate of drug-likeness (QED) is 0.600. The first-order chi connectivity index (χ1) is 12.1. The molecule has 0 bridgehead atoms. The first-order valence-electron chi connectivity index (χ1n) is 8.92. The number of rotatable bonds is 4. The molecule has 2 aromatic carbocycles. The van der Waals surface area contributed by atoms with Crippen LogP contribution in [-0.2, 0) is 0 Å². The molecule has 0 heterocycles. The van der Waals surface area contributed by atoms with Crippen LogP contribution >= 0.6 is 0 Å². The van der Waals surface area contributed by atoms with Gasteiger partial charge in [0.2, 0.25) is 0 Å². The number of Topliss-reactive ketones (excluding diaryl/α,β-unsaturated/α-hetero) is 2. The lowest BCUT2D eigenvalue weighted by molar-refractivity contribution is 0.0981. The standard InChI is InChI=1S/2C11H15NO/c2*1-4-10(13)9-6-7(2)5-8(3)11(9)12/h2*5-6H,4,12H2,1-3H3. The zero-order valence-corrected chi connectivity index (χ0v) is 16.7. The van der Waals surface area contributed by atoms with Crippen molar-refractivity contribution in [3.63, 3.8) is 0 Å². The van der Waals surface area contributed by atoms with Crippen molar-refractivity contribution in [2.24, 2.45) is 0 Å². The van der Waals surface area contributed by atoms with E-state index in [1.807, 2.05) is 65.8 Å². The van der Waals surface area contributed by atoms with E-state index in [0.717, 1.165) is 22.3 Å². The number of carbonyl (C=O) groups is 2. The van der Waals surface area contributed by atoms with Gasteiger partial charge in [-0.3, -0.25) is 9.59 Å². The van der Waals surface area contributed by atoms with Crippen LogP contribution < -0.4 is 11.5 Å². The highest BCUT2D eigenvalue weighted by Gasteiger charge is 2.10. The first-order valence-corrected chi connectivity index (χ1v) is 8.92. The second-order valence-corrected chi connectivity index (χ2v) is 6.64. The molecular weight excluding hydrogens is 324 g/mol. The Hall–Kier alpha value is -2.62. The minimum Gasteiger partial charge on any atom is -0.398 e. The van der Waals surface area contributed by atoms with Crippen LogP contribution in [0.2, 0.25) is 0 Å². The second kappa shape index (κ2) is 9.18. The van der Waals surface area contributed by atoms with Gasteiger partial charge < -0.3 is 11.5 Å². The van der Waals surface area contributed by atoms with Crippen molar-refractivity contribution in [2.75, 3.05) is 11.5 Å². The third-order valence-corrected chi connectivity index (χ3v) is 4.31. The molecule has 0 amide bonds. The van der Waals surface area contributed by atoms with E-state index >= 15 is 0 Å².